The monoisotopic (exact) mass is 228 g/mol. The molecule has 0 spiro atoms. The molecule has 0 saturated carbocycles. The molecule has 1 aromatic rings. The lowest BCUT2D eigenvalue weighted by Crippen LogP contribution is -2.29. The van der Waals surface area contributed by atoms with Crippen molar-refractivity contribution in [3.8, 4) is 0 Å². The van der Waals surface area contributed by atoms with Gasteiger partial charge in [0.25, 0.3) is 0 Å². The molecule has 0 fully saturated rings. The molecule has 64 valence electrons. The summed E-state index contributed by atoms with van der Waals surface area (Å²) in [5.41, 5.74) is 1.62. The number of rotatable bonds is 2. The van der Waals surface area contributed by atoms with Gasteiger partial charge in [-0.1, -0.05) is 35.0 Å². The van der Waals surface area contributed by atoms with Gasteiger partial charge in [-0.3, -0.25) is 0 Å². The van der Waals surface area contributed by atoms with E-state index in [1.54, 1.807) is 12.1 Å². The lowest BCUT2D eigenvalue weighted by Gasteiger charge is -2.04. The van der Waals surface area contributed by atoms with E-state index in [-0.39, 0.29) is 0 Å². The minimum absolute atomic E-state index is 0.537. The predicted octanol–water partition coefficient (Wildman–Crippen LogP) is 0.691. The Morgan fingerprint density at radius 2 is 2.08 bits per heavy atom. The first-order valence-electron chi connectivity index (χ1n) is 3.79. The highest BCUT2D eigenvalue weighted by molar-refractivity contribution is 9.10. The summed E-state index contributed by atoms with van der Waals surface area (Å²) in [7, 11) is -1.37. The summed E-state index contributed by atoms with van der Waals surface area (Å²) < 4.78 is 1.01. The Labute approximate surface area is 80.5 Å². The maximum absolute atomic E-state index is 8.87. The first-order chi connectivity index (χ1) is 5.65. The number of aryl methyl sites for hydroxylation is 1. The van der Waals surface area contributed by atoms with Crippen LogP contribution in [0.4, 0.5) is 0 Å². The van der Waals surface area contributed by atoms with Crippen LogP contribution in [-0.4, -0.2) is 17.2 Å². The van der Waals surface area contributed by atoms with E-state index in [1.807, 2.05) is 13.0 Å². The topological polar surface area (TPSA) is 40.5 Å². The van der Waals surface area contributed by atoms with Gasteiger partial charge in [0.1, 0.15) is 0 Å². The zero-order valence-electron chi connectivity index (χ0n) is 6.79. The summed E-state index contributed by atoms with van der Waals surface area (Å²) in [6, 6.07) is 5.30. The third kappa shape index (κ3) is 2.09. The van der Waals surface area contributed by atoms with E-state index in [2.05, 4.69) is 15.9 Å². The second kappa shape index (κ2) is 4.07. The van der Waals surface area contributed by atoms with Crippen LogP contribution < -0.4 is 5.46 Å². The molecule has 0 atom stereocenters. The van der Waals surface area contributed by atoms with Gasteiger partial charge in [0.15, 0.2) is 0 Å². The van der Waals surface area contributed by atoms with Crippen LogP contribution in [0.3, 0.4) is 0 Å². The maximum Gasteiger partial charge on any atom is 0.488 e. The highest BCUT2D eigenvalue weighted by atomic mass is 79.9. The van der Waals surface area contributed by atoms with Gasteiger partial charge in [-0.15, -0.1) is 0 Å². The zero-order chi connectivity index (χ0) is 9.14. The molecule has 1 aromatic carbocycles. The fourth-order valence-corrected chi connectivity index (χ4v) is 1.55. The van der Waals surface area contributed by atoms with E-state index in [0.29, 0.717) is 5.46 Å². The van der Waals surface area contributed by atoms with E-state index in [1.165, 1.54) is 0 Å². The fourth-order valence-electron chi connectivity index (χ4n) is 1.03. The van der Waals surface area contributed by atoms with Crippen LogP contribution in [-0.2, 0) is 6.42 Å². The molecule has 2 nitrogen and oxygen atoms in total. The van der Waals surface area contributed by atoms with Crippen LogP contribution in [0.15, 0.2) is 22.7 Å². The van der Waals surface area contributed by atoms with Crippen molar-refractivity contribution in [2.24, 2.45) is 0 Å². The molecular weight excluding hydrogens is 219 g/mol. The van der Waals surface area contributed by atoms with Gasteiger partial charge >= 0.3 is 7.12 Å². The van der Waals surface area contributed by atoms with Gasteiger partial charge in [-0.2, -0.15) is 0 Å². The molecule has 0 aliphatic rings. The fraction of sp³-hybridized carbons (Fsp3) is 0.250. The summed E-state index contributed by atoms with van der Waals surface area (Å²) in [6.45, 7) is 2.02. The molecule has 0 saturated heterocycles. The average molecular weight is 229 g/mol. The van der Waals surface area contributed by atoms with Crippen LogP contribution in [0, 0.1) is 0 Å². The molecule has 0 aliphatic carbocycles. The van der Waals surface area contributed by atoms with Gasteiger partial charge in [0, 0.05) is 4.47 Å². The van der Waals surface area contributed by atoms with Crippen LogP contribution in [0.5, 0.6) is 0 Å². The molecule has 0 unspecified atom stereocenters. The van der Waals surface area contributed by atoms with Crippen molar-refractivity contribution in [3.63, 3.8) is 0 Å². The molecule has 0 amide bonds. The number of hydrogen-bond acceptors (Lipinski definition) is 2. The van der Waals surface area contributed by atoms with Crippen molar-refractivity contribution in [1.82, 2.24) is 0 Å². The molecule has 0 heterocycles. The zero-order valence-corrected chi connectivity index (χ0v) is 8.37. The molecule has 0 radical (unpaired) electrons. The largest absolute Gasteiger partial charge is 0.488 e. The SMILES string of the molecule is CCc1cc(B(O)O)ccc1Br. The van der Waals surface area contributed by atoms with E-state index < -0.39 is 7.12 Å². The quantitative estimate of drug-likeness (QED) is 0.732. The van der Waals surface area contributed by atoms with Crippen molar-refractivity contribution in [1.29, 1.82) is 0 Å². The van der Waals surface area contributed by atoms with Crippen molar-refractivity contribution in [3.05, 3.63) is 28.2 Å². The normalized spacial score (nSPS) is 10.0. The van der Waals surface area contributed by atoms with Crippen LogP contribution in [0.25, 0.3) is 0 Å². The third-order valence-electron chi connectivity index (χ3n) is 1.75. The standard InChI is InChI=1S/C8H10BBrO2/c1-2-6-5-7(9(11)12)3-4-8(6)10/h3-5,11-12H,2H2,1H3. The number of benzene rings is 1. The van der Waals surface area contributed by atoms with Crippen molar-refractivity contribution >= 4 is 28.5 Å². The first kappa shape index (κ1) is 9.77. The van der Waals surface area contributed by atoms with E-state index in [9.17, 15) is 0 Å². The molecule has 1 rings (SSSR count). The maximum atomic E-state index is 8.87. The van der Waals surface area contributed by atoms with E-state index >= 15 is 0 Å². The van der Waals surface area contributed by atoms with E-state index in [4.69, 9.17) is 10.0 Å². The minimum Gasteiger partial charge on any atom is -0.423 e. The molecule has 0 bridgehead atoms. The Morgan fingerprint density at radius 3 is 2.58 bits per heavy atom. The van der Waals surface area contributed by atoms with Gasteiger partial charge in [-0.05, 0) is 23.5 Å². The van der Waals surface area contributed by atoms with Crippen LogP contribution in [0.1, 0.15) is 12.5 Å². The molecule has 12 heavy (non-hydrogen) atoms. The highest BCUT2D eigenvalue weighted by Gasteiger charge is 2.11. The lowest BCUT2D eigenvalue weighted by atomic mass is 9.79. The van der Waals surface area contributed by atoms with Crippen molar-refractivity contribution < 1.29 is 10.0 Å². The second-order valence-electron chi connectivity index (χ2n) is 2.58. The summed E-state index contributed by atoms with van der Waals surface area (Å²) >= 11 is 3.38. The van der Waals surface area contributed by atoms with Crippen molar-refractivity contribution in [2.45, 2.75) is 13.3 Å². The van der Waals surface area contributed by atoms with Crippen LogP contribution >= 0.6 is 15.9 Å². The summed E-state index contributed by atoms with van der Waals surface area (Å²) in [5, 5.41) is 17.7. The Hall–Kier alpha value is -0.315. The van der Waals surface area contributed by atoms with Gasteiger partial charge in [-0.25, -0.2) is 0 Å². The molecular formula is C8H10BBrO2. The summed E-state index contributed by atoms with van der Waals surface area (Å²) in [6.07, 6.45) is 0.876. The number of halogens is 1. The smallest absolute Gasteiger partial charge is 0.423 e. The summed E-state index contributed by atoms with van der Waals surface area (Å²) in [4.78, 5) is 0. The van der Waals surface area contributed by atoms with Gasteiger partial charge in [0.2, 0.25) is 0 Å². The average Bonchev–Trinajstić information content (AvgIpc) is 2.05. The second-order valence-corrected chi connectivity index (χ2v) is 3.43. The molecule has 2 N–H and O–H groups in total. The molecule has 4 heteroatoms. The van der Waals surface area contributed by atoms with Gasteiger partial charge < -0.3 is 10.0 Å². The Morgan fingerprint density at radius 1 is 1.42 bits per heavy atom. The van der Waals surface area contributed by atoms with Crippen LogP contribution in [0.2, 0.25) is 0 Å². The molecule has 0 aromatic heterocycles. The molecule has 0 aliphatic heterocycles. The van der Waals surface area contributed by atoms with Crippen molar-refractivity contribution in [2.75, 3.05) is 0 Å². The Bertz CT molecular complexity index is 276. The van der Waals surface area contributed by atoms with E-state index in [0.717, 1.165) is 16.5 Å². The highest BCUT2D eigenvalue weighted by Crippen LogP contribution is 2.14. The number of hydrogen-bond donors (Lipinski definition) is 2. The lowest BCUT2D eigenvalue weighted by molar-refractivity contribution is 0.425. The third-order valence-corrected chi connectivity index (χ3v) is 2.52. The Kier molecular flexibility index (Phi) is 3.32. The minimum atomic E-state index is -1.37. The first-order valence-corrected chi connectivity index (χ1v) is 4.59. The van der Waals surface area contributed by atoms with Gasteiger partial charge in [0.05, 0.1) is 0 Å². The Balaban J connectivity index is 3.05. The summed E-state index contributed by atoms with van der Waals surface area (Å²) in [5.74, 6) is 0. The predicted molar refractivity (Wildman–Crippen MR) is 53.3 cm³/mol.